The molecule has 0 fully saturated rings. The fourth-order valence-corrected chi connectivity index (χ4v) is 1.61. The van der Waals surface area contributed by atoms with Gasteiger partial charge in [0.2, 0.25) is 5.90 Å². The molecule has 2 nitrogen and oxygen atoms in total. The molecular formula is C11H13NO. The lowest BCUT2D eigenvalue weighted by atomic mass is 10.1. The molecule has 1 aliphatic rings. The van der Waals surface area contributed by atoms with Crippen LogP contribution in [0.2, 0.25) is 0 Å². The zero-order valence-electron chi connectivity index (χ0n) is 8.00. The number of rotatable bonds is 1. The van der Waals surface area contributed by atoms with Crippen molar-refractivity contribution in [3.05, 3.63) is 34.9 Å². The number of ether oxygens (including phenoxy) is 1. The molecule has 0 N–H and O–H groups in total. The average molecular weight is 175 g/mol. The number of hydrogen-bond acceptors (Lipinski definition) is 2. The van der Waals surface area contributed by atoms with Crippen LogP contribution in [-0.2, 0) is 4.74 Å². The Morgan fingerprint density at radius 3 is 2.38 bits per heavy atom. The smallest absolute Gasteiger partial charge is 0.216 e. The molecule has 0 unspecified atom stereocenters. The minimum Gasteiger partial charge on any atom is -0.476 e. The summed E-state index contributed by atoms with van der Waals surface area (Å²) in [6, 6.07) is 6.37. The first-order chi connectivity index (χ1) is 6.25. The van der Waals surface area contributed by atoms with Crippen LogP contribution in [0, 0.1) is 13.8 Å². The summed E-state index contributed by atoms with van der Waals surface area (Å²) in [5.74, 6) is 0.798. The summed E-state index contributed by atoms with van der Waals surface area (Å²) >= 11 is 0. The third-order valence-electron chi connectivity index (χ3n) is 2.05. The van der Waals surface area contributed by atoms with Gasteiger partial charge in [-0.3, -0.25) is 0 Å². The molecule has 1 aromatic carbocycles. The van der Waals surface area contributed by atoms with Crippen molar-refractivity contribution in [3.8, 4) is 0 Å². The van der Waals surface area contributed by atoms with E-state index in [0.717, 1.165) is 24.6 Å². The van der Waals surface area contributed by atoms with Gasteiger partial charge >= 0.3 is 0 Å². The molecule has 13 heavy (non-hydrogen) atoms. The normalized spacial score (nSPS) is 15.4. The van der Waals surface area contributed by atoms with Gasteiger partial charge in [-0.25, -0.2) is 4.99 Å². The molecule has 68 valence electrons. The molecule has 0 aliphatic carbocycles. The van der Waals surface area contributed by atoms with E-state index in [1.54, 1.807) is 0 Å². The number of nitrogens with zero attached hydrogens (tertiary/aromatic N) is 1. The summed E-state index contributed by atoms with van der Waals surface area (Å²) in [4.78, 5) is 4.28. The van der Waals surface area contributed by atoms with Crippen molar-refractivity contribution in [2.24, 2.45) is 4.99 Å². The highest BCUT2D eigenvalue weighted by molar-refractivity contribution is 5.95. The maximum absolute atomic E-state index is 5.40. The van der Waals surface area contributed by atoms with E-state index in [0.29, 0.717) is 0 Å². The third kappa shape index (κ3) is 1.72. The van der Waals surface area contributed by atoms with Crippen LogP contribution in [0.3, 0.4) is 0 Å². The van der Waals surface area contributed by atoms with Crippen LogP contribution in [-0.4, -0.2) is 19.0 Å². The van der Waals surface area contributed by atoms with Gasteiger partial charge in [-0.2, -0.15) is 0 Å². The van der Waals surface area contributed by atoms with Gasteiger partial charge < -0.3 is 4.74 Å². The quantitative estimate of drug-likeness (QED) is 0.640. The first-order valence-electron chi connectivity index (χ1n) is 4.51. The van der Waals surface area contributed by atoms with E-state index in [-0.39, 0.29) is 0 Å². The monoisotopic (exact) mass is 175 g/mol. The largest absolute Gasteiger partial charge is 0.476 e. The van der Waals surface area contributed by atoms with Crippen LogP contribution in [0.15, 0.2) is 23.2 Å². The van der Waals surface area contributed by atoms with Crippen LogP contribution in [0.4, 0.5) is 0 Å². The third-order valence-corrected chi connectivity index (χ3v) is 2.05. The van der Waals surface area contributed by atoms with E-state index in [1.807, 2.05) is 0 Å². The van der Waals surface area contributed by atoms with Gasteiger partial charge in [0.15, 0.2) is 0 Å². The van der Waals surface area contributed by atoms with Crippen molar-refractivity contribution in [3.63, 3.8) is 0 Å². The Hall–Kier alpha value is -1.31. The summed E-state index contributed by atoms with van der Waals surface area (Å²) in [5, 5.41) is 0. The molecule has 0 radical (unpaired) electrons. The Bertz CT molecular complexity index is 335. The maximum Gasteiger partial charge on any atom is 0.216 e. The Labute approximate surface area is 78.3 Å². The molecule has 1 aliphatic heterocycles. The second-order valence-corrected chi connectivity index (χ2v) is 3.41. The van der Waals surface area contributed by atoms with E-state index in [2.05, 4.69) is 37.0 Å². The molecule has 0 amide bonds. The Morgan fingerprint density at radius 2 is 1.85 bits per heavy atom. The molecular weight excluding hydrogens is 162 g/mol. The number of aliphatic imine (C=N–C) groups is 1. The highest BCUT2D eigenvalue weighted by atomic mass is 16.5. The lowest BCUT2D eigenvalue weighted by molar-refractivity contribution is 0.348. The molecule has 0 saturated heterocycles. The lowest BCUT2D eigenvalue weighted by Crippen LogP contribution is -2.01. The minimum atomic E-state index is 0.725. The zero-order chi connectivity index (χ0) is 9.26. The van der Waals surface area contributed by atoms with Crippen molar-refractivity contribution >= 4 is 5.90 Å². The Kier molecular flexibility index (Phi) is 2.05. The molecule has 0 aromatic heterocycles. The van der Waals surface area contributed by atoms with Gasteiger partial charge in [-0.05, 0) is 26.0 Å². The zero-order valence-corrected chi connectivity index (χ0v) is 8.00. The molecule has 2 heteroatoms. The maximum atomic E-state index is 5.40. The predicted molar refractivity (Wildman–Crippen MR) is 53.3 cm³/mol. The van der Waals surface area contributed by atoms with Gasteiger partial charge in [-0.1, -0.05) is 17.2 Å². The van der Waals surface area contributed by atoms with E-state index in [1.165, 1.54) is 11.1 Å². The SMILES string of the molecule is Cc1cc(C)cc(C2=NCCO2)c1. The second-order valence-electron chi connectivity index (χ2n) is 3.41. The number of benzene rings is 1. The first kappa shape index (κ1) is 8.30. The van der Waals surface area contributed by atoms with E-state index >= 15 is 0 Å². The molecule has 2 rings (SSSR count). The van der Waals surface area contributed by atoms with Crippen molar-refractivity contribution in [2.45, 2.75) is 13.8 Å². The molecule has 0 atom stereocenters. The topological polar surface area (TPSA) is 21.6 Å². The van der Waals surface area contributed by atoms with E-state index < -0.39 is 0 Å². The highest BCUT2D eigenvalue weighted by Gasteiger charge is 2.10. The minimum absolute atomic E-state index is 0.725. The number of aryl methyl sites for hydroxylation is 2. The van der Waals surface area contributed by atoms with Crippen LogP contribution >= 0.6 is 0 Å². The van der Waals surface area contributed by atoms with Crippen LogP contribution in [0.25, 0.3) is 0 Å². The van der Waals surface area contributed by atoms with Crippen molar-refractivity contribution in [1.82, 2.24) is 0 Å². The van der Waals surface area contributed by atoms with Gasteiger partial charge in [-0.15, -0.1) is 0 Å². The highest BCUT2D eigenvalue weighted by Crippen LogP contribution is 2.12. The second kappa shape index (κ2) is 3.21. The standard InChI is InChI=1S/C11H13NO/c1-8-5-9(2)7-10(6-8)11-12-3-4-13-11/h5-7H,3-4H2,1-2H3. The van der Waals surface area contributed by atoms with E-state index in [9.17, 15) is 0 Å². The van der Waals surface area contributed by atoms with Crippen molar-refractivity contribution < 1.29 is 4.74 Å². The summed E-state index contributed by atoms with van der Waals surface area (Å²) in [6.45, 7) is 5.70. The van der Waals surface area contributed by atoms with Crippen molar-refractivity contribution in [1.29, 1.82) is 0 Å². The predicted octanol–water partition coefficient (Wildman–Crippen LogP) is 2.08. The van der Waals surface area contributed by atoms with Gasteiger partial charge in [0.05, 0.1) is 6.54 Å². The average Bonchev–Trinajstić information content (AvgIpc) is 2.53. The molecule has 1 aromatic rings. The molecule has 0 bridgehead atoms. The van der Waals surface area contributed by atoms with Gasteiger partial charge in [0, 0.05) is 5.56 Å². The summed E-state index contributed by atoms with van der Waals surface area (Å²) in [6.07, 6.45) is 0. The van der Waals surface area contributed by atoms with Gasteiger partial charge in [0.1, 0.15) is 6.61 Å². The Morgan fingerprint density at radius 1 is 1.15 bits per heavy atom. The van der Waals surface area contributed by atoms with Crippen LogP contribution < -0.4 is 0 Å². The molecule has 1 heterocycles. The van der Waals surface area contributed by atoms with Crippen LogP contribution in [0.1, 0.15) is 16.7 Å². The molecule has 0 spiro atoms. The van der Waals surface area contributed by atoms with Gasteiger partial charge in [0.25, 0.3) is 0 Å². The van der Waals surface area contributed by atoms with Crippen LogP contribution in [0.5, 0.6) is 0 Å². The fraction of sp³-hybridized carbons (Fsp3) is 0.364. The molecule has 0 saturated carbocycles. The summed E-state index contributed by atoms with van der Waals surface area (Å²) in [5.41, 5.74) is 3.62. The van der Waals surface area contributed by atoms with E-state index in [4.69, 9.17) is 4.74 Å². The fourth-order valence-electron chi connectivity index (χ4n) is 1.61. The lowest BCUT2D eigenvalue weighted by Gasteiger charge is -2.04. The van der Waals surface area contributed by atoms with Crippen molar-refractivity contribution in [2.75, 3.05) is 13.2 Å². The summed E-state index contributed by atoms with van der Waals surface area (Å²) in [7, 11) is 0. The Balaban J connectivity index is 2.39. The summed E-state index contributed by atoms with van der Waals surface area (Å²) < 4.78 is 5.40. The first-order valence-corrected chi connectivity index (χ1v) is 4.51. The number of hydrogen-bond donors (Lipinski definition) is 0.